The van der Waals surface area contributed by atoms with Crippen LogP contribution in [0.1, 0.15) is 5.56 Å². The number of rotatable bonds is 2. The Hall–Kier alpha value is -2.21. The van der Waals surface area contributed by atoms with E-state index in [2.05, 4.69) is 4.90 Å². The summed E-state index contributed by atoms with van der Waals surface area (Å²) in [7, 11) is 3.51. The van der Waals surface area contributed by atoms with Crippen LogP contribution >= 0.6 is 0 Å². The third-order valence-corrected chi connectivity index (χ3v) is 4.21. The molecule has 0 N–H and O–H groups in total. The van der Waals surface area contributed by atoms with E-state index in [0.29, 0.717) is 29.9 Å². The maximum atomic E-state index is 13.1. The summed E-state index contributed by atoms with van der Waals surface area (Å²) in [4.78, 5) is 30.2. The Labute approximate surface area is 128 Å². The van der Waals surface area contributed by atoms with Crippen LogP contribution in [0.5, 0.6) is 0 Å². The molecule has 0 aliphatic carbocycles. The fraction of sp³-hybridized carbons (Fsp3) is 0.375. The van der Waals surface area contributed by atoms with Crippen molar-refractivity contribution in [1.82, 2.24) is 14.7 Å². The van der Waals surface area contributed by atoms with E-state index >= 15 is 0 Å². The van der Waals surface area contributed by atoms with Gasteiger partial charge in [-0.25, -0.2) is 4.39 Å². The van der Waals surface area contributed by atoms with Gasteiger partial charge in [-0.3, -0.25) is 14.5 Å². The first-order valence-electron chi connectivity index (χ1n) is 7.25. The Kier molecular flexibility index (Phi) is 3.70. The molecule has 6 heteroatoms. The van der Waals surface area contributed by atoms with Crippen LogP contribution in [0.15, 0.2) is 30.0 Å². The smallest absolute Gasteiger partial charge is 0.277 e. The summed E-state index contributed by atoms with van der Waals surface area (Å²) in [6.07, 6.45) is 0. The van der Waals surface area contributed by atoms with Gasteiger partial charge in [-0.2, -0.15) is 0 Å². The number of hydrogen-bond acceptors (Lipinski definition) is 4. The van der Waals surface area contributed by atoms with E-state index in [0.717, 1.165) is 18.0 Å². The molecule has 0 saturated carbocycles. The van der Waals surface area contributed by atoms with Gasteiger partial charge in [-0.05, 0) is 24.7 Å². The Morgan fingerprint density at radius 1 is 0.909 bits per heavy atom. The van der Waals surface area contributed by atoms with Crippen LogP contribution in [-0.4, -0.2) is 66.8 Å². The second-order valence-corrected chi connectivity index (χ2v) is 5.69. The zero-order chi connectivity index (χ0) is 15.9. The largest absolute Gasteiger partial charge is 0.364 e. The second-order valence-electron chi connectivity index (χ2n) is 5.69. The highest BCUT2D eigenvalue weighted by atomic mass is 19.1. The van der Waals surface area contributed by atoms with Crippen LogP contribution in [0, 0.1) is 5.82 Å². The first kappa shape index (κ1) is 14.7. The molecule has 1 aromatic rings. The summed E-state index contributed by atoms with van der Waals surface area (Å²) in [5.74, 6) is -0.977. The Morgan fingerprint density at radius 2 is 1.50 bits per heavy atom. The molecule has 0 atom stereocenters. The van der Waals surface area contributed by atoms with Gasteiger partial charge in [0.1, 0.15) is 11.5 Å². The van der Waals surface area contributed by atoms with E-state index in [1.165, 1.54) is 19.2 Å². The van der Waals surface area contributed by atoms with E-state index in [1.54, 1.807) is 12.1 Å². The monoisotopic (exact) mass is 303 g/mol. The lowest BCUT2D eigenvalue weighted by Gasteiger charge is -2.34. The van der Waals surface area contributed by atoms with Crippen molar-refractivity contribution in [1.29, 1.82) is 0 Å². The van der Waals surface area contributed by atoms with Gasteiger partial charge < -0.3 is 9.80 Å². The summed E-state index contributed by atoms with van der Waals surface area (Å²) in [6.45, 7) is 3.07. The lowest BCUT2D eigenvalue weighted by Crippen LogP contribution is -2.45. The lowest BCUT2D eigenvalue weighted by molar-refractivity contribution is -0.136. The van der Waals surface area contributed by atoms with Gasteiger partial charge in [0, 0.05) is 33.2 Å². The van der Waals surface area contributed by atoms with Crippen molar-refractivity contribution in [3.05, 3.63) is 41.3 Å². The molecule has 2 aliphatic rings. The quantitative estimate of drug-likeness (QED) is 0.758. The zero-order valence-corrected chi connectivity index (χ0v) is 12.7. The van der Waals surface area contributed by atoms with Crippen molar-refractivity contribution < 1.29 is 14.0 Å². The Morgan fingerprint density at radius 3 is 2.09 bits per heavy atom. The highest BCUT2D eigenvalue weighted by molar-refractivity contribution is 6.35. The number of nitrogens with zero attached hydrogens (tertiary/aromatic N) is 3. The van der Waals surface area contributed by atoms with Crippen LogP contribution in [0.3, 0.4) is 0 Å². The minimum atomic E-state index is -0.365. The molecule has 0 radical (unpaired) electrons. The number of piperazine rings is 1. The normalized spacial score (nSPS) is 20.3. The molecule has 1 saturated heterocycles. The van der Waals surface area contributed by atoms with E-state index in [-0.39, 0.29) is 17.6 Å². The minimum absolute atomic E-state index is 0.283. The average Bonchev–Trinajstić information content (AvgIpc) is 2.74. The summed E-state index contributed by atoms with van der Waals surface area (Å²) in [6, 6.07) is 5.70. The number of imide groups is 1. The van der Waals surface area contributed by atoms with Crippen molar-refractivity contribution in [2.45, 2.75) is 0 Å². The summed E-state index contributed by atoms with van der Waals surface area (Å²) >= 11 is 0. The van der Waals surface area contributed by atoms with Crippen molar-refractivity contribution >= 4 is 17.4 Å². The van der Waals surface area contributed by atoms with Crippen LogP contribution in [0.4, 0.5) is 4.39 Å². The maximum Gasteiger partial charge on any atom is 0.277 e. The molecule has 22 heavy (non-hydrogen) atoms. The van der Waals surface area contributed by atoms with Gasteiger partial charge in [0.05, 0.1) is 5.57 Å². The number of halogens is 1. The van der Waals surface area contributed by atoms with E-state index in [9.17, 15) is 14.0 Å². The number of carbonyl (C=O) groups excluding carboxylic acids is 2. The van der Waals surface area contributed by atoms with E-state index in [4.69, 9.17) is 0 Å². The van der Waals surface area contributed by atoms with Crippen molar-refractivity contribution in [3.63, 3.8) is 0 Å². The van der Waals surface area contributed by atoms with E-state index in [1.807, 2.05) is 11.9 Å². The summed E-state index contributed by atoms with van der Waals surface area (Å²) in [5, 5.41) is 0. The average molecular weight is 303 g/mol. The SMILES string of the molecule is CN1CCN(C2=C(c3ccc(F)cc3)C(=O)N(C)C2=O)CC1. The van der Waals surface area contributed by atoms with Crippen LogP contribution in [0.2, 0.25) is 0 Å². The lowest BCUT2D eigenvalue weighted by atomic mass is 10.0. The molecule has 2 heterocycles. The third-order valence-electron chi connectivity index (χ3n) is 4.21. The molecule has 5 nitrogen and oxygen atoms in total. The highest BCUT2D eigenvalue weighted by Crippen LogP contribution is 2.31. The fourth-order valence-corrected chi connectivity index (χ4v) is 2.83. The number of carbonyl (C=O) groups is 2. The predicted molar refractivity (Wildman–Crippen MR) is 80.2 cm³/mol. The first-order valence-corrected chi connectivity index (χ1v) is 7.25. The minimum Gasteiger partial charge on any atom is -0.364 e. The summed E-state index contributed by atoms with van der Waals surface area (Å²) in [5.41, 5.74) is 1.39. The third kappa shape index (κ3) is 2.39. The van der Waals surface area contributed by atoms with Crippen LogP contribution in [-0.2, 0) is 9.59 Å². The molecular weight excluding hydrogens is 285 g/mol. The molecule has 2 amide bonds. The number of likely N-dealkylation sites (N-methyl/N-ethyl adjacent to an activating group) is 2. The van der Waals surface area contributed by atoms with Gasteiger partial charge >= 0.3 is 0 Å². The number of benzene rings is 1. The topological polar surface area (TPSA) is 43.9 Å². The number of hydrogen-bond donors (Lipinski definition) is 0. The number of amides is 2. The molecule has 116 valence electrons. The molecule has 2 aliphatic heterocycles. The van der Waals surface area contributed by atoms with Gasteiger partial charge in [0.15, 0.2) is 0 Å². The van der Waals surface area contributed by atoms with Crippen molar-refractivity contribution in [3.8, 4) is 0 Å². The van der Waals surface area contributed by atoms with Crippen LogP contribution < -0.4 is 0 Å². The molecule has 0 bridgehead atoms. The van der Waals surface area contributed by atoms with Crippen molar-refractivity contribution in [2.24, 2.45) is 0 Å². The van der Waals surface area contributed by atoms with Crippen molar-refractivity contribution in [2.75, 3.05) is 40.3 Å². The Balaban J connectivity index is 2.04. The van der Waals surface area contributed by atoms with Gasteiger partial charge in [0.25, 0.3) is 11.8 Å². The standard InChI is InChI=1S/C16H18FN3O2/c1-18-7-9-20(10-8-18)14-13(15(21)19(2)16(14)22)11-3-5-12(17)6-4-11/h3-6H,7-10H2,1-2H3. The highest BCUT2D eigenvalue weighted by Gasteiger charge is 2.39. The zero-order valence-electron chi connectivity index (χ0n) is 12.7. The molecular formula is C16H18FN3O2. The van der Waals surface area contributed by atoms with Gasteiger partial charge in [-0.1, -0.05) is 12.1 Å². The van der Waals surface area contributed by atoms with Gasteiger partial charge in [0.2, 0.25) is 0 Å². The molecule has 1 aromatic carbocycles. The molecule has 1 fully saturated rings. The molecule has 0 aromatic heterocycles. The van der Waals surface area contributed by atoms with Crippen LogP contribution in [0.25, 0.3) is 5.57 Å². The maximum absolute atomic E-state index is 13.1. The summed E-state index contributed by atoms with van der Waals surface area (Å²) < 4.78 is 13.1. The Bertz CT molecular complexity index is 646. The molecule has 3 rings (SSSR count). The fourth-order valence-electron chi connectivity index (χ4n) is 2.83. The molecule has 0 unspecified atom stereocenters. The van der Waals surface area contributed by atoms with E-state index < -0.39 is 0 Å². The second kappa shape index (κ2) is 5.53. The predicted octanol–water partition coefficient (Wildman–Crippen LogP) is 0.783. The molecule has 0 spiro atoms. The first-order chi connectivity index (χ1) is 10.5. The van der Waals surface area contributed by atoms with Gasteiger partial charge in [-0.15, -0.1) is 0 Å².